The van der Waals surface area contributed by atoms with Crippen LogP contribution in [0.1, 0.15) is 61.6 Å². The number of hydrogen-bond donors (Lipinski definition) is 2. The lowest BCUT2D eigenvalue weighted by atomic mass is 9.81. The average molecular weight is 493 g/mol. The zero-order chi connectivity index (χ0) is 26.1. The molecule has 1 aliphatic rings. The molecule has 6 heteroatoms. The number of anilines is 1. The van der Waals surface area contributed by atoms with E-state index in [1.165, 1.54) is 11.1 Å². The van der Waals surface area contributed by atoms with Crippen molar-refractivity contribution >= 4 is 23.6 Å². The molecule has 1 aliphatic heterocycles. The monoisotopic (exact) mass is 492 g/mol. The summed E-state index contributed by atoms with van der Waals surface area (Å²) >= 11 is 1.67. The van der Waals surface area contributed by atoms with Gasteiger partial charge in [-0.15, -0.1) is 0 Å². The van der Waals surface area contributed by atoms with Crippen molar-refractivity contribution in [2.75, 3.05) is 10.6 Å². The molecular formula is C29H36N2O3S. The molecule has 2 aromatic carbocycles. The third-order valence-electron chi connectivity index (χ3n) is 6.06. The summed E-state index contributed by atoms with van der Waals surface area (Å²) < 4.78 is 2.30. The maximum absolute atomic E-state index is 11.8. The Morgan fingerprint density at radius 1 is 1.06 bits per heavy atom. The van der Waals surface area contributed by atoms with Crippen LogP contribution in [-0.4, -0.2) is 33.0 Å². The number of carboxylic acids is 1. The van der Waals surface area contributed by atoms with Crippen molar-refractivity contribution < 1.29 is 15.0 Å². The number of aliphatic carboxylic acids is 1. The second kappa shape index (κ2) is 10.4. The fourth-order valence-electron chi connectivity index (χ4n) is 4.63. The van der Waals surface area contributed by atoms with Crippen LogP contribution in [0.4, 0.5) is 5.69 Å². The van der Waals surface area contributed by atoms with Crippen molar-refractivity contribution in [1.82, 2.24) is 4.98 Å². The molecule has 2 heterocycles. The van der Waals surface area contributed by atoms with E-state index < -0.39 is 11.6 Å². The van der Waals surface area contributed by atoms with E-state index >= 15 is 0 Å². The van der Waals surface area contributed by atoms with Gasteiger partial charge in [0, 0.05) is 23.6 Å². The van der Waals surface area contributed by atoms with Gasteiger partial charge in [-0.2, -0.15) is 0 Å². The fraction of sp³-hybridized carbons (Fsp3) is 0.379. The molecule has 0 amide bonds. The van der Waals surface area contributed by atoms with Crippen LogP contribution in [0.3, 0.4) is 0 Å². The normalized spacial score (nSPS) is 14.5. The Bertz CT molecular complexity index is 1220. The van der Waals surface area contributed by atoms with Crippen LogP contribution in [0.2, 0.25) is 0 Å². The molecule has 0 saturated heterocycles. The predicted octanol–water partition coefficient (Wildman–Crippen LogP) is 6.90. The highest BCUT2D eigenvalue weighted by molar-refractivity contribution is 8.00. The highest BCUT2D eigenvalue weighted by Gasteiger charge is 2.34. The summed E-state index contributed by atoms with van der Waals surface area (Å²) in [5.74, 6) is -0.816. The van der Waals surface area contributed by atoms with E-state index in [4.69, 9.17) is 10.1 Å². The molecule has 0 aliphatic carbocycles. The Balaban J connectivity index is 0.000000623. The number of nitrogens with zero attached hydrogens (tertiary/aromatic N) is 2. The zero-order valence-electron chi connectivity index (χ0n) is 21.9. The smallest absolute Gasteiger partial charge is 0.307 e. The minimum atomic E-state index is -0.816. The maximum atomic E-state index is 11.8. The van der Waals surface area contributed by atoms with Crippen LogP contribution >= 0.6 is 11.9 Å². The highest BCUT2D eigenvalue weighted by Crippen LogP contribution is 2.52. The Morgan fingerprint density at radius 3 is 2.20 bits per heavy atom. The number of hydrogen-bond acceptors (Lipinski definition) is 5. The van der Waals surface area contributed by atoms with Gasteiger partial charge in [-0.05, 0) is 82.3 Å². The maximum Gasteiger partial charge on any atom is 0.307 e. The largest absolute Gasteiger partial charge is 0.481 e. The lowest BCUT2D eigenvalue weighted by Gasteiger charge is -2.39. The quantitative estimate of drug-likeness (QED) is 0.386. The van der Waals surface area contributed by atoms with E-state index in [9.17, 15) is 9.90 Å². The van der Waals surface area contributed by atoms with Crippen LogP contribution in [0.25, 0.3) is 22.4 Å². The second-order valence-corrected chi connectivity index (χ2v) is 10.8. The predicted molar refractivity (Wildman–Crippen MR) is 147 cm³/mol. The third kappa shape index (κ3) is 5.71. The zero-order valence-corrected chi connectivity index (χ0v) is 22.7. The molecule has 35 heavy (non-hydrogen) atoms. The van der Waals surface area contributed by atoms with Crippen LogP contribution in [0, 0.1) is 20.8 Å². The molecule has 0 saturated carbocycles. The van der Waals surface area contributed by atoms with Gasteiger partial charge in [-0.3, -0.25) is 9.78 Å². The third-order valence-corrected chi connectivity index (χ3v) is 6.95. The number of aromatic nitrogens is 1. The van der Waals surface area contributed by atoms with Gasteiger partial charge in [0.25, 0.3) is 0 Å². The van der Waals surface area contributed by atoms with Crippen LogP contribution in [0.15, 0.2) is 42.6 Å². The molecule has 0 radical (unpaired) electrons. The molecule has 5 nitrogen and oxygen atoms in total. The first-order valence-corrected chi connectivity index (χ1v) is 13.0. The number of aryl methyl sites for hydroxylation is 1. The Morgan fingerprint density at radius 2 is 1.66 bits per heavy atom. The Hall–Kier alpha value is -2.83. The Kier molecular flexibility index (Phi) is 7.97. The van der Waals surface area contributed by atoms with E-state index in [0.29, 0.717) is 0 Å². The first kappa shape index (κ1) is 26.8. The summed E-state index contributed by atoms with van der Waals surface area (Å²) in [5.41, 5.74) is 10.1. The van der Waals surface area contributed by atoms with Gasteiger partial charge in [-0.1, -0.05) is 47.8 Å². The lowest BCUT2D eigenvalue weighted by molar-refractivity contribution is -0.136. The summed E-state index contributed by atoms with van der Waals surface area (Å²) in [5, 5.41) is 18.2. The summed E-state index contributed by atoms with van der Waals surface area (Å²) in [7, 11) is 0. The number of carboxylic acid groups (broad SMARTS) is 1. The number of carbonyl (C=O) groups is 1. The molecule has 0 fully saturated rings. The number of rotatable bonds is 4. The van der Waals surface area contributed by atoms with Crippen molar-refractivity contribution in [3.05, 3.63) is 70.4 Å². The Labute approximate surface area is 213 Å². The highest BCUT2D eigenvalue weighted by atomic mass is 32.2. The minimum Gasteiger partial charge on any atom is -0.481 e. The standard InChI is InChI=1S/C25H26N2O2S.C4H10O/c1-14-8-10-18(11-9-14)22-16(3)23-24-19(7-6-12-26-24)17(4)27(30-5)25(23)15(2)20(22)13-21(28)29;1-4(2,3)5/h6-12,17H,13H2,1-5H3,(H,28,29);5H,1-3H3/t17-;/m0./s1. The van der Waals surface area contributed by atoms with Crippen molar-refractivity contribution in [3.8, 4) is 22.4 Å². The van der Waals surface area contributed by atoms with E-state index in [-0.39, 0.29) is 12.5 Å². The average Bonchev–Trinajstić information content (AvgIpc) is 2.77. The van der Waals surface area contributed by atoms with Gasteiger partial charge >= 0.3 is 5.97 Å². The summed E-state index contributed by atoms with van der Waals surface area (Å²) in [4.78, 5) is 16.6. The van der Waals surface area contributed by atoms with Gasteiger partial charge in [0.1, 0.15) is 0 Å². The molecule has 3 aromatic rings. The van der Waals surface area contributed by atoms with Gasteiger partial charge < -0.3 is 14.5 Å². The first-order chi connectivity index (χ1) is 16.3. The molecule has 1 atom stereocenters. The molecule has 0 bridgehead atoms. The van der Waals surface area contributed by atoms with Crippen molar-refractivity contribution in [3.63, 3.8) is 0 Å². The molecule has 0 unspecified atom stereocenters. The number of benzene rings is 2. The SMILES string of the molecule is CC(C)(C)O.CSN1c2c(C)c(CC(=O)O)c(-c3ccc(C)cc3)c(C)c2-c2ncccc2[C@@H]1C. The van der Waals surface area contributed by atoms with Gasteiger partial charge in [0.15, 0.2) is 0 Å². The van der Waals surface area contributed by atoms with Gasteiger partial charge in [0.05, 0.1) is 29.4 Å². The van der Waals surface area contributed by atoms with Crippen molar-refractivity contribution in [1.29, 1.82) is 0 Å². The second-order valence-electron chi connectivity index (χ2n) is 10.1. The summed E-state index contributed by atoms with van der Waals surface area (Å²) in [6.45, 7) is 13.6. The number of aliphatic hydroxyl groups is 1. The van der Waals surface area contributed by atoms with Gasteiger partial charge in [-0.25, -0.2) is 0 Å². The molecular weight excluding hydrogens is 456 g/mol. The molecule has 186 valence electrons. The first-order valence-electron chi connectivity index (χ1n) is 11.8. The van der Waals surface area contributed by atoms with E-state index in [1.54, 1.807) is 32.7 Å². The van der Waals surface area contributed by atoms with Gasteiger partial charge in [0.2, 0.25) is 0 Å². The molecule has 2 N–H and O–H groups in total. The molecule has 0 spiro atoms. The van der Waals surface area contributed by atoms with Crippen LogP contribution in [-0.2, 0) is 11.2 Å². The van der Waals surface area contributed by atoms with Crippen LogP contribution in [0.5, 0.6) is 0 Å². The summed E-state index contributed by atoms with van der Waals surface area (Å²) in [6.07, 6.45) is 3.91. The molecule has 4 rings (SSSR count). The van der Waals surface area contributed by atoms with Crippen LogP contribution < -0.4 is 4.31 Å². The summed E-state index contributed by atoms with van der Waals surface area (Å²) in [6, 6.07) is 12.6. The lowest BCUT2D eigenvalue weighted by Crippen LogP contribution is -2.26. The molecule has 1 aromatic heterocycles. The number of pyridine rings is 1. The van der Waals surface area contributed by atoms with Crippen molar-refractivity contribution in [2.24, 2.45) is 0 Å². The number of fused-ring (bicyclic) bond motifs is 3. The van der Waals surface area contributed by atoms with E-state index in [1.807, 2.05) is 12.3 Å². The van der Waals surface area contributed by atoms with Crippen molar-refractivity contribution in [2.45, 2.75) is 66.5 Å². The topological polar surface area (TPSA) is 73.7 Å². The van der Waals surface area contributed by atoms with E-state index in [0.717, 1.165) is 44.8 Å². The fourth-order valence-corrected chi connectivity index (χ4v) is 5.47. The van der Waals surface area contributed by atoms with E-state index in [2.05, 4.69) is 68.6 Å². The minimum absolute atomic E-state index is 0.00512.